The summed E-state index contributed by atoms with van der Waals surface area (Å²) >= 11 is 0. The first-order valence-electron chi connectivity index (χ1n) is 13.3. The summed E-state index contributed by atoms with van der Waals surface area (Å²) in [4.78, 5) is 41.2. The summed E-state index contributed by atoms with van der Waals surface area (Å²) in [6.07, 6.45) is 4.05. The fraction of sp³-hybridized carbons (Fsp3) is 0.355. The highest BCUT2D eigenvalue weighted by Gasteiger charge is 2.54. The number of anilines is 1. The van der Waals surface area contributed by atoms with Crippen LogP contribution in [0, 0.1) is 29.9 Å². The molecule has 0 aromatic heterocycles. The number of hydrogen-bond acceptors (Lipinski definition) is 6. The number of aryl methyl sites for hydroxylation is 2. The van der Waals surface area contributed by atoms with Crippen molar-refractivity contribution in [3.8, 4) is 11.5 Å². The Morgan fingerprint density at radius 2 is 1.57 bits per heavy atom. The van der Waals surface area contributed by atoms with Crippen molar-refractivity contribution in [2.75, 3.05) is 19.1 Å². The number of non-ortho nitro benzene ring substituents is 1. The molecule has 210 valence electrons. The number of benzene rings is 3. The largest absolute Gasteiger partial charge is 0.493 e. The van der Waals surface area contributed by atoms with Gasteiger partial charge in [0.1, 0.15) is 0 Å². The molecule has 0 saturated heterocycles. The van der Waals surface area contributed by atoms with Gasteiger partial charge in [-0.3, -0.25) is 24.6 Å². The lowest BCUT2D eigenvalue weighted by Crippen LogP contribution is -2.62. The first-order chi connectivity index (χ1) is 19.1. The number of nitro groups is 1. The number of rotatable bonds is 9. The lowest BCUT2D eigenvalue weighted by Gasteiger charge is -2.48. The fourth-order valence-corrected chi connectivity index (χ4v) is 5.89. The van der Waals surface area contributed by atoms with Gasteiger partial charge >= 0.3 is 0 Å². The Labute approximate surface area is 234 Å². The quantitative estimate of drug-likeness (QED) is 0.266. The maximum atomic E-state index is 14.8. The van der Waals surface area contributed by atoms with Crippen molar-refractivity contribution < 1.29 is 24.0 Å². The van der Waals surface area contributed by atoms with E-state index in [0.717, 1.165) is 30.4 Å². The molecule has 3 aromatic rings. The molecule has 0 radical (unpaired) electrons. The van der Waals surface area contributed by atoms with Gasteiger partial charge in [0.05, 0.1) is 19.1 Å². The molecule has 1 atom stereocenters. The Morgan fingerprint density at radius 3 is 2.15 bits per heavy atom. The highest BCUT2D eigenvalue weighted by atomic mass is 16.6. The Morgan fingerprint density at radius 1 is 0.925 bits per heavy atom. The zero-order chi connectivity index (χ0) is 29.0. The monoisotopic (exact) mass is 545 g/mol. The van der Waals surface area contributed by atoms with Crippen LogP contribution in [0.1, 0.15) is 59.2 Å². The molecule has 0 spiro atoms. The number of amides is 2. The Hall–Kier alpha value is -4.40. The van der Waals surface area contributed by atoms with Crippen molar-refractivity contribution in [3.05, 3.63) is 93.0 Å². The molecular formula is C31H35N3O6. The zero-order valence-electron chi connectivity index (χ0n) is 23.3. The number of methoxy groups -OCH3 is 2. The molecule has 3 aromatic carbocycles. The lowest BCUT2D eigenvalue weighted by molar-refractivity contribution is -0.384. The van der Waals surface area contributed by atoms with E-state index in [1.807, 2.05) is 26.0 Å². The number of hydrogen-bond donors (Lipinski definition) is 1. The average Bonchev–Trinajstić information content (AvgIpc) is 2.96. The van der Waals surface area contributed by atoms with Gasteiger partial charge in [0.2, 0.25) is 5.91 Å². The van der Waals surface area contributed by atoms with Gasteiger partial charge in [-0.2, -0.15) is 0 Å². The predicted octanol–water partition coefficient (Wildman–Crippen LogP) is 5.84. The predicted molar refractivity (Wildman–Crippen MR) is 153 cm³/mol. The first kappa shape index (κ1) is 28.6. The summed E-state index contributed by atoms with van der Waals surface area (Å²) in [5.74, 6) is -0.604. The van der Waals surface area contributed by atoms with E-state index in [1.54, 1.807) is 36.4 Å². The number of nitrogens with two attached hydrogens (primary N) is 1. The third kappa shape index (κ3) is 5.11. The molecule has 4 rings (SSSR count). The van der Waals surface area contributed by atoms with Crippen molar-refractivity contribution in [2.24, 2.45) is 11.7 Å². The van der Waals surface area contributed by atoms with E-state index in [0.29, 0.717) is 41.2 Å². The molecule has 0 heterocycles. The summed E-state index contributed by atoms with van der Waals surface area (Å²) in [6.45, 7) is 3.74. The second kappa shape index (κ2) is 11.8. The van der Waals surface area contributed by atoms with Crippen LogP contribution in [0.3, 0.4) is 0 Å². The molecule has 1 saturated carbocycles. The van der Waals surface area contributed by atoms with Crippen molar-refractivity contribution in [3.63, 3.8) is 0 Å². The molecule has 0 bridgehead atoms. The van der Waals surface area contributed by atoms with Gasteiger partial charge in [0.15, 0.2) is 17.0 Å². The van der Waals surface area contributed by atoms with Crippen LogP contribution >= 0.6 is 0 Å². The van der Waals surface area contributed by atoms with Gasteiger partial charge < -0.3 is 15.2 Å². The second-order valence-electron chi connectivity index (χ2n) is 10.3. The Bertz CT molecular complexity index is 1420. The van der Waals surface area contributed by atoms with Crippen LogP contribution < -0.4 is 20.1 Å². The number of carbonyl (C=O) groups is 2. The van der Waals surface area contributed by atoms with Gasteiger partial charge in [-0.05, 0) is 74.1 Å². The van der Waals surface area contributed by atoms with Crippen LogP contribution in [-0.4, -0.2) is 31.0 Å². The van der Waals surface area contributed by atoms with E-state index < -0.39 is 22.3 Å². The van der Waals surface area contributed by atoms with Crippen molar-refractivity contribution in [1.82, 2.24) is 0 Å². The van der Waals surface area contributed by atoms with Crippen molar-refractivity contribution in [2.45, 2.75) is 51.5 Å². The SMILES string of the molecule is COc1ccc(N(C(=O)c2cc(C)ccc2C)C(C(N)=O)(c2ccc([N+](=O)[O-])cc2)C2CCCCC2)cc1OC. The number of nitro benzene ring substituents is 1. The van der Waals surface area contributed by atoms with Gasteiger partial charge in [-0.1, -0.05) is 37.0 Å². The topological polar surface area (TPSA) is 125 Å². The molecule has 2 amide bonds. The van der Waals surface area contributed by atoms with E-state index >= 15 is 0 Å². The van der Waals surface area contributed by atoms with E-state index in [-0.39, 0.29) is 11.6 Å². The van der Waals surface area contributed by atoms with E-state index in [1.165, 1.54) is 31.3 Å². The van der Waals surface area contributed by atoms with Crippen molar-refractivity contribution >= 4 is 23.2 Å². The minimum Gasteiger partial charge on any atom is -0.493 e. The smallest absolute Gasteiger partial charge is 0.269 e. The minimum absolute atomic E-state index is 0.121. The molecule has 1 aliphatic rings. The number of nitrogens with zero attached hydrogens (tertiary/aromatic N) is 2. The molecule has 9 heteroatoms. The van der Waals surface area contributed by atoms with Gasteiger partial charge in [0.25, 0.3) is 11.6 Å². The highest BCUT2D eigenvalue weighted by molar-refractivity contribution is 6.12. The van der Waals surface area contributed by atoms with Crippen LogP contribution in [0.15, 0.2) is 60.7 Å². The minimum atomic E-state index is -1.64. The summed E-state index contributed by atoms with van der Waals surface area (Å²) in [7, 11) is 3.01. The third-order valence-corrected chi connectivity index (χ3v) is 7.89. The van der Waals surface area contributed by atoms with Crippen LogP contribution in [-0.2, 0) is 10.3 Å². The Balaban J connectivity index is 2.09. The van der Waals surface area contributed by atoms with Crippen LogP contribution in [0.2, 0.25) is 0 Å². The molecule has 1 aliphatic carbocycles. The fourth-order valence-electron chi connectivity index (χ4n) is 5.89. The third-order valence-electron chi connectivity index (χ3n) is 7.89. The molecule has 0 aliphatic heterocycles. The maximum absolute atomic E-state index is 14.8. The van der Waals surface area contributed by atoms with E-state index in [9.17, 15) is 19.7 Å². The number of carbonyl (C=O) groups excluding carboxylic acids is 2. The van der Waals surface area contributed by atoms with Crippen LogP contribution in [0.5, 0.6) is 11.5 Å². The van der Waals surface area contributed by atoms with E-state index in [4.69, 9.17) is 15.2 Å². The first-order valence-corrected chi connectivity index (χ1v) is 13.3. The molecule has 40 heavy (non-hydrogen) atoms. The number of primary amides is 1. The molecule has 9 nitrogen and oxygen atoms in total. The standard InChI is InChI=1S/C31H35N3O6/c1-20-10-11-21(2)26(18-20)29(35)33(25-16-17-27(39-3)28(19-25)40-4)31(30(32)36,22-8-6-5-7-9-22)23-12-14-24(15-13-23)34(37)38/h10-19,22H,5-9H2,1-4H3,(H2,32,36). The molecule has 1 unspecified atom stereocenters. The van der Waals surface area contributed by atoms with Crippen molar-refractivity contribution in [1.29, 1.82) is 0 Å². The zero-order valence-corrected chi connectivity index (χ0v) is 23.3. The molecule has 2 N–H and O–H groups in total. The van der Waals surface area contributed by atoms with E-state index in [2.05, 4.69) is 0 Å². The summed E-state index contributed by atoms with van der Waals surface area (Å²) < 4.78 is 11.0. The average molecular weight is 546 g/mol. The normalized spacial score (nSPS) is 15.1. The second-order valence-corrected chi connectivity index (χ2v) is 10.3. The number of ether oxygens (including phenoxy) is 2. The van der Waals surface area contributed by atoms with Crippen LogP contribution in [0.25, 0.3) is 0 Å². The summed E-state index contributed by atoms with van der Waals surface area (Å²) in [5, 5.41) is 11.5. The van der Waals surface area contributed by atoms with Gasteiger partial charge in [0, 0.05) is 29.4 Å². The maximum Gasteiger partial charge on any atom is 0.269 e. The summed E-state index contributed by atoms with van der Waals surface area (Å²) in [6, 6.07) is 16.4. The Kier molecular flexibility index (Phi) is 8.42. The molecule has 1 fully saturated rings. The lowest BCUT2D eigenvalue weighted by atomic mass is 9.68. The van der Waals surface area contributed by atoms with Gasteiger partial charge in [-0.15, -0.1) is 0 Å². The van der Waals surface area contributed by atoms with Gasteiger partial charge in [-0.25, -0.2) is 0 Å². The summed E-state index contributed by atoms with van der Waals surface area (Å²) in [5.41, 5.74) is 7.48. The molecular weight excluding hydrogens is 510 g/mol. The van der Waals surface area contributed by atoms with Crippen LogP contribution in [0.4, 0.5) is 11.4 Å². The highest BCUT2D eigenvalue weighted by Crippen LogP contribution is 2.48.